The number of hydrogen-bond acceptors (Lipinski definition) is 2. The Morgan fingerprint density at radius 3 is 2.45 bits per heavy atom. The molecule has 3 rings (SSSR count). The van der Waals surface area contributed by atoms with Crippen molar-refractivity contribution in [2.45, 2.75) is 32.5 Å². The highest BCUT2D eigenvalue weighted by Crippen LogP contribution is 2.24. The second-order valence-corrected chi connectivity index (χ2v) is 5.75. The van der Waals surface area contributed by atoms with E-state index in [-0.39, 0.29) is 0 Å². The van der Waals surface area contributed by atoms with Crippen LogP contribution in [0.3, 0.4) is 0 Å². The van der Waals surface area contributed by atoms with Crippen LogP contribution in [0.5, 0.6) is 0 Å². The third-order valence-electron chi connectivity index (χ3n) is 4.24. The molecule has 2 N–H and O–H groups in total. The minimum Gasteiger partial charge on any atom is -0.329 e. The number of rotatable bonds is 3. The normalized spacial score (nSPS) is 18.8. The summed E-state index contributed by atoms with van der Waals surface area (Å²) in [5, 5.41) is 0. The van der Waals surface area contributed by atoms with Crippen LogP contribution in [0.15, 0.2) is 48.5 Å². The van der Waals surface area contributed by atoms with E-state index in [0.29, 0.717) is 6.04 Å². The third kappa shape index (κ3) is 2.77. The van der Waals surface area contributed by atoms with Crippen molar-refractivity contribution in [1.82, 2.24) is 4.90 Å². The van der Waals surface area contributed by atoms with Gasteiger partial charge in [-0.25, -0.2) is 0 Å². The van der Waals surface area contributed by atoms with Crippen LogP contribution in [0.4, 0.5) is 0 Å². The van der Waals surface area contributed by atoms with Gasteiger partial charge in [0.2, 0.25) is 0 Å². The van der Waals surface area contributed by atoms with Crippen molar-refractivity contribution in [3.8, 4) is 0 Å². The largest absolute Gasteiger partial charge is 0.329 e. The lowest BCUT2D eigenvalue weighted by atomic mass is 9.93. The number of nitrogens with zero attached hydrogens (tertiary/aromatic N) is 1. The maximum Gasteiger partial charge on any atom is 0.0265 e. The first-order valence-electron chi connectivity index (χ1n) is 7.32. The van der Waals surface area contributed by atoms with E-state index in [1.807, 2.05) is 0 Å². The van der Waals surface area contributed by atoms with Crippen LogP contribution >= 0.6 is 0 Å². The first-order valence-corrected chi connectivity index (χ1v) is 7.32. The van der Waals surface area contributed by atoms with E-state index >= 15 is 0 Å². The Hall–Kier alpha value is -1.64. The Balaban J connectivity index is 1.80. The Kier molecular flexibility index (Phi) is 3.86. The summed E-state index contributed by atoms with van der Waals surface area (Å²) in [4.78, 5) is 2.51. The maximum atomic E-state index is 5.99. The molecule has 1 aliphatic heterocycles. The molecule has 20 heavy (non-hydrogen) atoms. The molecule has 0 amide bonds. The lowest BCUT2D eigenvalue weighted by Crippen LogP contribution is -2.44. The van der Waals surface area contributed by atoms with Gasteiger partial charge in [0.25, 0.3) is 0 Å². The number of fused-ring (bicyclic) bond motifs is 1. The van der Waals surface area contributed by atoms with Crippen molar-refractivity contribution in [3.63, 3.8) is 0 Å². The van der Waals surface area contributed by atoms with E-state index in [4.69, 9.17) is 5.73 Å². The minimum atomic E-state index is 0.450. The van der Waals surface area contributed by atoms with Crippen molar-refractivity contribution in [2.75, 3.05) is 6.54 Å². The highest BCUT2D eigenvalue weighted by atomic mass is 15.2. The predicted octanol–water partition coefficient (Wildman–Crippen LogP) is 2.88. The number of benzene rings is 2. The highest BCUT2D eigenvalue weighted by Gasteiger charge is 2.24. The standard InChI is InChI=1S/C18H22N2/c1-14-6-8-15(9-7-14)12-20-13-17-5-3-2-4-16(17)10-18(20)11-19/h2-9,18H,10-13,19H2,1H3. The minimum absolute atomic E-state index is 0.450. The van der Waals surface area contributed by atoms with Crippen molar-refractivity contribution in [1.29, 1.82) is 0 Å². The molecule has 1 aliphatic rings. The van der Waals surface area contributed by atoms with Gasteiger partial charge in [-0.2, -0.15) is 0 Å². The van der Waals surface area contributed by atoms with E-state index < -0.39 is 0 Å². The number of hydrogen-bond donors (Lipinski definition) is 1. The van der Waals surface area contributed by atoms with Gasteiger partial charge in [-0.15, -0.1) is 0 Å². The molecule has 0 spiro atoms. The second kappa shape index (κ2) is 5.78. The maximum absolute atomic E-state index is 5.99. The van der Waals surface area contributed by atoms with Crippen LogP contribution in [0.1, 0.15) is 22.3 Å². The Morgan fingerprint density at radius 1 is 1.05 bits per heavy atom. The van der Waals surface area contributed by atoms with Crippen LogP contribution in [0, 0.1) is 6.92 Å². The zero-order valence-corrected chi connectivity index (χ0v) is 12.0. The van der Waals surface area contributed by atoms with E-state index in [1.54, 1.807) is 0 Å². The van der Waals surface area contributed by atoms with Gasteiger partial charge in [0.15, 0.2) is 0 Å². The molecule has 0 saturated carbocycles. The van der Waals surface area contributed by atoms with Gasteiger partial charge in [-0.05, 0) is 30.0 Å². The SMILES string of the molecule is Cc1ccc(CN2Cc3ccccc3CC2CN)cc1. The first-order chi connectivity index (χ1) is 9.76. The third-order valence-corrected chi connectivity index (χ3v) is 4.24. The molecule has 2 aromatic rings. The molecule has 2 nitrogen and oxygen atoms in total. The van der Waals surface area contributed by atoms with Gasteiger partial charge >= 0.3 is 0 Å². The molecule has 1 heterocycles. The Labute approximate surface area is 121 Å². The van der Waals surface area contributed by atoms with E-state index in [9.17, 15) is 0 Å². The van der Waals surface area contributed by atoms with E-state index in [0.717, 1.165) is 26.1 Å². The zero-order valence-electron chi connectivity index (χ0n) is 12.0. The van der Waals surface area contributed by atoms with Gasteiger partial charge in [0.1, 0.15) is 0 Å². The molecule has 2 aromatic carbocycles. The molecular weight excluding hydrogens is 244 g/mol. The monoisotopic (exact) mass is 266 g/mol. The van der Waals surface area contributed by atoms with Crippen LogP contribution in [0.25, 0.3) is 0 Å². The topological polar surface area (TPSA) is 29.3 Å². The molecule has 0 radical (unpaired) electrons. The van der Waals surface area contributed by atoms with Gasteiger partial charge < -0.3 is 5.73 Å². The summed E-state index contributed by atoms with van der Waals surface area (Å²) in [5.74, 6) is 0. The summed E-state index contributed by atoms with van der Waals surface area (Å²) in [6.07, 6.45) is 1.07. The van der Waals surface area contributed by atoms with Gasteiger partial charge in [-0.3, -0.25) is 4.90 Å². The summed E-state index contributed by atoms with van der Waals surface area (Å²) < 4.78 is 0. The molecule has 104 valence electrons. The molecule has 0 fully saturated rings. The fourth-order valence-corrected chi connectivity index (χ4v) is 2.99. The molecule has 0 saturated heterocycles. The summed E-state index contributed by atoms with van der Waals surface area (Å²) >= 11 is 0. The molecular formula is C18H22N2. The van der Waals surface area contributed by atoms with Crippen LogP contribution in [-0.2, 0) is 19.5 Å². The average Bonchev–Trinajstić information content (AvgIpc) is 2.49. The fourth-order valence-electron chi connectivity index (χ4n) is 2.99. The van der Waals surface area contributed by atoms with E-state index in [1.165, 1.54) is 22.3 Å². The molecule has 1 unspecified atom stereocenters. The average molecular weight is 266 g/mol. The lowest BCUT2D eigenvalue weighted by Gasteiger charge is -2.36. The predicted molar refractivity (Wildman–Crippen MR) is 83.4 cm³/mol. The van der Waals surface area contributed by atoms with Crippen molar-refractivity contribution in [3.05, 3.63) is 70.8 Å². The van der Waals surface area contributed by atoms with Crippen LogP contribution in [-0.4, -0.2) is 17.5 Å². The molecule has 0 aliphatic carbocycles. The van der Waals surface area contributed by atoms with E-state index in [2.05, 4.69) is 60.4 Å². The molecule has 0 aromatic heterocycles. The summed E-state index contributed by atoms with van der Waals surface area (Å²) in [7, 11) is 0. The van der Waals surface area contributed by atoms with Crippen molar-refractivity contribution >= 4 is 0 Å². The molecule has 1 atom stereocenters. The summed E-state index contributed by atoms with van der Waals surface area (Å²) in [6, 6.07) is 18.0. The van der Waals surface area contributed by atoms with Gasteiger partial charge in [0, 0.05) is 25.7 Å². The number of aryl methyl sites for hydroxylation is 1. The van der Waals surface area contributed by atoms with Crippen molar-refractivity contribution in [2.24, 2.45) is 5.73 Å². The van der Waals surface area contributed by atoms with Crippen LogP contribution in [0.2, 0.25) is 0 Å². The first kappa shape index (κ1) is 13.3. The second-order valence-electron chi connectivity index (χ2n) is 5.75. The fraction of sp³-hybridized carbons (Fsp3) is 0.333. The smallest absolute Gasteiger partial charge is 0.0265 e. The lowest BCUT2D eigenvalue weighted by molar-refractivity contribution is 0.167. The Morgan fingerprint density at radius 2 is 1.75 bits per heavy atom. The van der Waals surface area contributed by atoms with Crippen molar-refractivity contribution < 1.29 is 0 Å². The Bertz CT molecular complexity index is 574. The quantitative estimate of drug-likeness (QED) is 0.925. The molecule has 0 bridgehead atoms. The molecule has 2 heteroatoms. The van der Waals surface area contributed by atoms with Crippen LogP contribution < -0.4 is 5.73 Å². The van der Waals surface area contributed by atoms with Gasteiger partial charge in [-0.1, -0.05) is 54.1 Å². The number of nitrogens with two attached hydrogens (primary N) is 1. The summed E-state index contributed by atoms with van der Waals surface area (Å²) in [5.41, 5.74) is 11.6. The highest BCUT2D eigenvalue weighted by molar-refractivity contribution is 5.30. The summed E-state index contributed by atoms with van der Waals surface area (Å²) in [6.45, 7) is 4.84. The van der Waals surface area contributed by atoms with Gasteiger partial charge in [0.05, 0.1) is 0 Å². The zero-order chi connectivity index (χ0) is 13.9.